The van der Waals surface area contributed by atoms with E-state index in [1.54, 1.807) is 39.8 Å². The molecule has 0 saturated heterocycles. The molecule has 0 radical (unpaired) electrons. The highest BCUT2D eigenvalue weighted by atomic mass is 16.4. The molecule has 0 bridgehead atoms. The van der Waals surface area contributed by atoms with Crippen LogP contribution < -0.4 is 5.32 Å². The van der Waals surface area contributed by atoms with Crippen molar-refractivity contribution in [3.05, 3.63) is 0 Å². The van der Waals surface area contributed by atoms with Crippen LogP contribution in [0.5, 0.6) is 0 Å². The molecule has 1 amide bonds. The molecule has 0 rings (SSSR count). The Bertz CT molecular complexity index is 244. The summed E-state index contributed by atoms with van der Waals surface area (Å²) in [5.74, 6) is -1.28. The minimum absolute atomic E-state index is 0.194. The molecular weight excluding hydrogens is 196 g/mol. The highest BCUT2D eigenvalue weighted by molar-refractivity contribution is 5.85. The van der Waals surface area contributed by atoms with Gasteiger partial charge in [-0.25, -0.2) is 4.79 Å². The maximum Gasteiger partial charge on any atom is 0.326 e. The zero-order valence-corrected chi connectivity index (χ0v) is 10.00. The summed E-state index contributed by atoms with van der Waals surface area (Å²) in [6.45, 7) is 5.53. The fraction of sp³-hybridized carbons (Fsp3) is 0.800. The lowest BCUT2D eigenvalue weighted by molar-refractivity contribution is -0.145. The Hall–Kier alpha value is -1.10. The Morgan fingerprint density at radius 1 is 1.33 bits per heavy atom. The average Bonchev–Trinajstić information content (AvgIpc) is 1.95. The van der Waals surface area contributed by atoms with Crippen molar-refractivity contribution in [1.29, 1.82) is 0 Å². The molecule has 0 heterocycles. The van der Waals surface area contributed by atoms with E-state index in [-0.39, 0.29) is 12.5 Å². The van der Waals surface area contributed by atoms with Gasteiger partial charge in [0.05, 0.1) is 6.54 Å². The number of rotatable bonds is 4. The summed E-state index contributed by atoms with van der Waals surface area (Å²) >= 11 is 0. The summed E-state index contributed by atoms with van der Waals surface area (Å²) in [7, 11) is 3.51. The largest absolute Gasteiger partial charge is 0.480 e. The van der Waals surface area contributed by atoms with Crippen LogP contribution in [0.3, 0.4) is 0 Å². The maximum absolute atomic E-state index is 11.4. The van der Waals surface area contributed by atoms with E-state index in [2.05, 4.69) is 5.32 Å². The van der Waals surface area contributed by atoms with E-state index in [1.165, 1.54) is 0 Å². The normalized spacial score (nSPS) is 13.7. The third-order valence-electron chi connectivity index (χ3n) is 1.88. The average molecular weight is 216 g/mol. The van der Waals surface area contributed by atoms with Crippen molar-refractivity contribution in [2.75, 3.05) is 20.6 Å². The number of likely N-dealkylation sites (N-methyl/N-ethyl adjacent to an activating group) is 1. The van der Waals surface area contributed by atoms with Gasteiger partial charge in [0.1, 0.15) is 6.04 Å². The molecule has 15 heavy (non-hydrogen) atoms. The fourth-order valence-corrected chi connectivity index (χ4v) is 1.14. The third kappa shape index (κ3) is 5.37. The van der Waals surface area contributed by atoms with Gasteiger partial charge in [-0.1, -0.05) is 20.8 Å². The van der Waals surface area contributed by atoms with Gasteiger partial charge in [-0.3, -0.25) is 4.79 Å². The lowest BCUT2D eigenvalue weighted by Crippen LogP contribution is -2.51. The minimum atomic E-state index is -1.00. The maximum atomic E-state index is 11.4. The van der Waals surface area contributed by atoms with E-state index in [0.717, 1.165) is 0 Å². The van der Waals surface area contributed by atoms with E-state index < -0.39 is 17.4 Å². The van der Waals surface area contributed by atoms with Crippen molar-refractivity contribution in [3.8, 4) is 0 Å². The predicted octanol–water partition coefficient (Wildman–Crippen LogP) is 0.164. The van der Waals surface area contributed by atoms with Crippen molar-refractivity contribution in [2.24, 2.45) is 5.41 Å². The van der Waals surface area contributed by atoms with Gasteiger partial charge in [0, 0.05) is 0 Å². The van der Waals surface area contributed by atoms with Crippen molar-refractivity contribution < 1.29 is 14.7 Å². The van der Waals surface area contributed by atoms with Crippen LogP contribution in [0.15, 0.2) is 0 Å². The predicted molar refractivity (Wildman–Crippen MR) is 57.6 cm³/mol. The smallest absolute Gasteiger partial charge is 0.326 e. The van der Waals surface area contributed by atoms with Crippen molar-refractivity contribution in [1.82, 2.24) is 10.2 Å². The van der Waals surface area contributed by atoms with Crippen LogP contribution in [0.25, 0.3) is 0 Å². The zero-order valence-electron chi connectivity index (χ0n) is 10.00. The minimum Gasteiger partial charge on any atom is -0.480 e. The van der Waals surface area contributed by atoms with Crippen LogP contribution in [0.2, 0.25) is 0 Å². The first-order valence-corrected chi connectivity index (χ1v) is 4.81. The number of carbonyl (C=O) groups is 2. The molecule has 5 nitrogen and oxygen atoms in total. The van der Waals surface area contributed by atoms with E-state index in [4.69, 9.17) is 5.11 Å². The number of nitrogens with zero attached hydrogens (tertiary/aromatic N) is 1. The van der Waals surface area contributed by atoms with Crippen molar-refractivity contribution in [3.63, 3.8) is 0 Å². The van der Waals surface area contributed by atoms with E-state index >= 15 is 0 Å². The Morgan fingerprint density at radius 2 is 1.80 bits per heavy atom. The summed E-state index contributed by atoms with van der Waals surface area (Å²) in [6.07, 6.45) is 0. The highest BCUT2D eigenvalue weighted by Crippen LogP contribution is 2.19. The summed E-state index contributed by atoms with van der Waals surface area (Å²) < 4.78 is 0. The number of aliphatic carboxylic acids is 1. The summed E-state index contributed by atoms with van der Waals surface area (Å²) in [6, 6.07) is -0.857. The second-order valence-corrected chi connectivity index (χ2v) is 4.94. The molecule has 0 aromatic carbocycles. The molecule has 0 saturated carbocycles. The first-order chi connectivity index (χ1) is 6.64. The number of hydrogen-bond donors (Lipinski definition) is 2. The van der Waals surface area contributed by atoms with Gasteiger partial charge < -0.3 is 15.3 Å². The molecule has 1 atom stereocenters. The van der Waals surface area contributed by atoms with Crippen LogP contribution >= 0.6 is 0 Å². The monoisotopic (exact) mass is 216 g/mol. The molecule has 0 unspecified atom stereocenters. The van der Waals surface area contributed by atoms with Gasteiger partial charge in [0.15, 0.2) is 0 Å². The molecule has 2 N–H and O–H groups in total. The molecule has 0 spiro atoms. The summed E-state index contributed by atoms with van der Waals surface area (Å²) in [5, 5.41) is 11.5. The molecule has 0 aromatic heterocycles. The van der Waals surface area contributed by atoms with E-state index in [0.29, 0.717) is 0 Å². The number of carbonyl (C=O) groups excluding carboxylic acids is 1. The summed E-state index contributed by atoms with van der Waals surface area (Å²) in [5.41, 5.74) is -0.492. The van der Waals surface area contributed by atoms with Gasteiger partial charge >= 0.3 is 5.97 Å². The third-order valence-corrected chi connectivity index (χ3v) is 1.88. The second-order valence-electron chi connectivity index (χ2n) is 4.94. The van der Waals surface area contributed by atoms with E-state index in [1.807, 2.05) is 0 Å². The van der Waals surface area contributed by atoms with Crippen LogP contribution in [-0.4, -0.2) is 48.6 Å². The lowest BCUT2D eigenvalue weighted by Gasteiger charge is -2.28. The van der Waals surface area contributed by atoms with Crippen LogP contribution in [0, 0.1) is 5.41 Å². The molecule has 0 aliphatic rings. The molecule has 88 valence electrons. The van der Waals surface area contributed by atoms with Crippen LogP contribution in [0.1, 0.15) is 20.8 Å². The fourth-order valence-electron chi connectivity index (χ4n) is 1.14. The van der Waals surface area contributed by atoms with Gasteiger partial charge in [-0.2, -0.15) is 0 Å². The molecule has 0 aliphatic heterocycles. The Balaban J connectivity index is 4.44. The van der Waals surface area contributed by atoms with Crippen LogP contribution in [0.4, 0.5) is 0 Å². The standard InChI is InChI=1S/C10H20N2O3/c1-10(2,3)8(9(14)15)11-7(13)6-12(4)5/h8H,6H2,1-5H3,(H,11,13)(H,14,15)/t8-/m1/s1. The Kier molecular flexibility index (Phi) is 4.74. The van der Waals surface area contributed by atoms with E-state index in [9.17, 15) is 9.59 Å². The van der Waals surface area contributed by atoms with Gasteiger partial charge in [0.2, 0.25) is 5.91 Å². The Morgan fingerprint density at radius 3 is 2.07 bits per heavy atom. The van der Waals surface area contributed by atoms with Gasteiger partial charge in [-0.15, -0.1) is 0 Å². The first kappa shape index (κ1) is 13.9. The van der Waals surface area contributed by atoms with Crippen molar-refractivity contribution >= 4 is 11.9 Å². The van der Waals surface area contributed by atoms with Gasteiger partial charge in [0.25, 0.3) is 0 Å². The molecule has 0 aliphatic carbocycles. The number of nitrogens with one attached hydrogen (secondary N) is 1. The van der Waals surface area contributed by atoms with Crippen molar-refractivity contribution in [2.45, 2.75) is 26.8 Å². The molecule has 5 heteroatoms. The lowest BCUT2D eigenvalue weighted by atomic mass is 9.87. The SMILES string of the molecule is CN(C)CC(=O)N[C@H](C(=O)O)C(C)(C)C. The zero-order chi connectivity index (χ0) is 12.2. The topological polar surface area (TPSA) is 69.6 Å². The Labute approximate surface area is 90.5 Å². The molecular formula is C10H20N2O3. The quantitative estimate of drug-likeness (QED) is 0.702. The summed E-state index contributed by atoms with van der Waals surface area (Å²) in [4.78, 5) is 24.0. The first-order valence-electron chi connectivity index (χ1n) is 4.81. The number of amides is 1. The van der Waals surface area contributed by atoms with Crippen LogP contribution in [-0.2, 0) is 9.59 Å². The second kappa shape index (κ2) is 5.11. The van der Waals surface area contributed by atoms with Gasteiger partial charge in [-0.05, 0) is 19.5 Å². The molecule has 0 fully saturated rings. The molecule has 0 aromatic rings. The number of hydrogen-bond acceptors (Lipinski definition) is 3. The highest BCUT2D eigenvalue weighted by Gasteiger charge is 2.32. The number of carboxylic acid groups (broad SMARTS) is 1. The number of carboxylic acids is 1.